The molecule has 1 rings (SSSR count). The first-order valence-corrected chi connectivity index (χ1v) is 5.42. The van der Waals surface area contributed by atoms with Gasteiger partial charge in [0.25, 0.3) is 0 Å². The predicted molar refractivity (Wildman–Crippen MR) is 65.2 cm³/mol. The Morgan fingerprint density at radius 2 is 2.06 bits per heavy atom. The minimum absolute atomic E-state index is 0.203. The summed E-state index contributed by atoms with van der Waals surface area (Å²) in [5.41, 5.74) is 0.587. The molecule has 0 fully saturated rings. The normalized spacial score (nSPS) is 10.3. The third-order valence-electron chi connectivity index (χ3n) is 1.98. The number of para-hydroxylation sites is 1. The fourth-order valence-electron chi connectivity index (χ4n) is 1.25. The molecule has 5 nitrogen and oxygen atoms in total. The molecule has 0 aromatic heterocycles. The van der Waals surface area contributed by atoms with Crippen molar-refractivity contribution in [3.05, 3.63) is 35.9 Å². The first-order valence-electron chi connectivity index (χ1n) is 5.42. The largest absolute Gasteiger partial charge is 0.481 e. The van der Waals surface area contributed by atoms with Crippen molar-refractivity contribution in [3.8, 4) is 5.75 Å². The molecule has 0 radical (unpaired) electrons. The molecule has 96 valence electrons. The average molecular weight is 250 g/mol. The lowest BCUT2D eigenvalue weighted by atomic mass is 10.2. The van der Waals surface area contributed by atoms with Gasteiger partial charge < -0.3 is 14.6 Å². The van der Waals surface area contributed by atoms with E-state index in [1.165, 1.54) is 6.08 Å². The maximum Gasteiger partial charge on any atom is 0.344 e. The highest BCUT2D eigenvalue weighted by Crippen LogP contribution is 2.19. The van der Waals surface area contributed by atoms with Gasteiger partial charge in [-0.25, -0.2) is 9.59 Å². The minimum atomic E-state index is -1.05. The first kappa shape index (κ1) is 13.8. The highest BCUT2D eigenvalue weighted by atomic mass is 16.6. The van der Waals surface area contributed by atoms with Crippen LogP contribution < -0.4 is 4.74 Å². The number of aliphatic carboxylic acids is 1. The Morgan fingerprint density at radius 3 is 2.72 bits per heavy atom. The molecule has 0 unspecified atom stereocenters. The van der Waals surface area contributed by atoms with Crippen LogP contribution >= 0.6 is 0 Å². The molecule has 0 spiro atoms. The van der Waals surface area contributed by atoms with E-state index in [9.17, 15) is 9.59 Å². The van der Waals surface area contributed by atoms with Crippen LogP contribution in [0.15, 0.2) is 30.3 Å². The van der Waals surface area contributed by atoms with Crippen LogP contribution in [0.3, 0.4) is 0 Å². The monoisotopic (exact) mass is 250 g/mol. The van der Waals surface area contributed by atoms with Gasteiger partial charge in [0, 0.05) is 11.6 Å². The summed E-state index contributed by atoms with van der Waals surface area (Å²) in [6, 6.07) is 6.83. The average Bonchev–Trinajstić information content (AvgIpc) is 2.35. The van der Waals surface area contributed by atoms with Gasteiger partial charge in [0.05, 0.1) is 6.61 Å². The SMILES string of the molecule is CCOC(=O)COc1ccccc1/C=C/C(=O)O. The summed E-state index contributed by atoms with van der Waals surface area (Å²) < 4.78 is 9.99. The van der Waals surface area contributed by atoms with Crippen molar-refractivity contribution in [1.82, 2.24) is 0 Å². The van der Waals surface area contributed by atoms with E-state index in [4.69, 9.17) is 14.6 Å². The highest BCUT2D eigenvalue weighted by Gasteiger charge is 2.05. The molecule has 1 aromatic carbocycles. The molecule has 1 N–H and O–H groups in total. The second-order valence-electron chi connectivity index (χ2n) is 3.30. The van der Waals surface area contributed by atoms with Crippen LogP contribution in [0.5, 0.6) is 5.75 Å². The smallest absolute Gasteiger partial charge is 0.344 e. The molecule has 0 saturated heterocycles. The summed E-state index contributed by atoms with van der Waals surface area (Å²) in [7, 11) is 0. The fraction of sp³-hybridized carbons (Fsp3) is 0.231. The summed E-state index contributed by atoms with van der Waals surface area (Å²) >= 11 is 0. The highest BCUT2D eigenvalue weighted by molar-refractivity contribution is 5.85. The van der Waals surface area contributed by atoms with E-state index in [0.29, 0.717) is 17.9 Å². The second kappa shape index (κ2) is 7.11. The first-order chi connectivity index (χ1) is 8.63. The van der Waals surface area contributed by atoms with E-state index in [1.54, 1.807) is 31.2 Å². The zero-order valence-electron chi connectivity index (χ0n) is 9.96. The van der Waals surface area contributed by atoms with Crippen molar-refractivity contribution in [2.45, 2.75) is 6.92 Å². The van der Waals surface area contributed by atoms with Crippen LogP contribution in [0.1, 0.15) is 12.5 Å². The molecule has 0 aliphatic carbocycles. The number of carboxylic acids is 1. The van der Waals surface area contributed by atoms with Gasteiger partial charge in [0.2, 0.25) is 0 Å². The lowest BCUT2D eigenvalue weighted by Crippen LogP contribution is -2.14. The van der Waals surface area contributed by atoms with Gasteiger partial charge in [-0.15, -0.1) is 0 Å². The Bertz CT molecular complexity index is 450. The lowest BCUT2D eigenvalue weighted by Gasteiger charge is -2.08. The standard InChI is InChI=1S/C13H14O5/c1-2-17-13(16)9-18-11-6-4-3-5-10(11)7-8-12(14)15/h3-8H,2,9H2,1H3,(H,14,15)/b8-7+. The van der Waals surface area contributed by atoms with E-state index >= 15 is 0 Å². The van der Waals surface area contributed by atoms with Gasteiger partial charge in [0.15, 0.2) is 6.61 Å². The van der Waals surface area contributed by atoms with Crippen LogP contribution in [-0.4, -0.2) is 30.3 Å². The van der Waals surface area contributed by atoms with Gasteiger partial charge >= 0.3 is 11.9 Å². The fourth-order valence-corrected chi connectivity index (χ4v) is 1.25. The lowest BCUT2D eigenvalue weighted by molar-refractivity contribution is -0.145. The van der Waals surface area contributed by atoms with Crippen molar-refractivity contribution in [2.24, 2.45) is 0 Å². The Hall–Kier alpha value is -2.30. The molecule has 0 amide bonds. The molecule has 0 saturated carbocycles. The molecular weight excluding hydrogens is 236 g/mol. The molecule has 0 bridgehead atoms. The van der Waals surface area contributed by atoms with Crippen LogP contribution in [-0.2, 0) is 14.3 Å². The van der Waals surface area contributed by atoms with E-state index in [1.807, 2.05) is 0 Å². The summed E-state index contributed by atoms with van der Waals surface area (Å²) in [5.74, 6) is -1.08. The molecule has 1 aromatic rings. The Labute approximate surface area is 105 Å². The van der Waals surface area contributed by atoms with Crippen molar-refractivity contribution >= 4 is 18.0 Å². The minimum Gasteiger partial charge on any atom is -0.481 e. The van der Waals surface area contributed by atoms with Crippen molar-refractivity contribution < 1.29 is 24.2 Å². The van der Waals surface area contributed by atoms with Crippen LogP contribution in [0.25, 0.3) is 6.08 Å². The van der Waals surface area contributed by atoms with Gasteiger partial charge in [-0.2, -0.15) is 0 Å². The maximum atomic E-state index is 11.1. The molecule has 18 heavy (non-hydrogen) atoms. The number of ether oxygens (including phenoxy) is 2. The van der Waals surface area contributed by atoms with Gasteiger partial charge in [-0.05, 0) is 19.1 Å². The van der Waals surface area contributed by atoms with E-state index in [2.05, 4.69) is 0 Å². The quantitative estimate of drug-likeness (QED) is 0.614. The molecular formula is C13H14O5. The Kier molecular flexibility index (Phi) is 5.44. The van der Waals surface area contributed by atoms with Gasteiger partial charge in [-0.1, -0.05) is 18.2 Å². The Balaban J connectivity index is 2.70. The maximum absolute atomic E-state index is 11.1. The van der Waals surface area contributed by atoms with E-state index < -0.39 is 11.9 Å². The third-order valence-corrected chi connectivity index (χ3v) is 1.98. The second-order valence-corrected chi connectivity index (χ2v) is 3.30. The number of carbonyl (C=O) groups excluding carboxylic acids is 1. The molecule has 0 aliphatic rings. The number of hydrogen-bond donors (Lipinski definition) is 1. The molecule has 0 aliphatic heterocycles. The van der Waals surface area contributed by atoms with Crippen LogP contribution in [0, 0.1) is 0 Å². The number of esters is 1. The van der Waals surface area contributed by atoms with E-state index in [-0.39, 0.29) is 6.61 Å². The number of benzene rings is 1. The number of hydrogen-bond acceptors (Lipinski definition) is 4. The predicted octanol–water partition coefficient (Wildman–Crippen LogP) is 1.73. The third kappa shape index (κ3) is 4.69. The topological polar surface area (TPSA) is 72.8 Å². The van der Waals surface area contributed by atoms with Crippen molar-refractivity contribution in [1.29, 1.82) is 0 Å². The van der Waals surface area contributed by atoms with Crippen LogP contribution in [0.2, 0.25) is 0 Å². The summed E-state index contributed by atoms with van der Waals surface area (Å²) in [4.78, 5) is 21.6. The van der Waals surface area contributed by atoms with Crippen molar-refractivity contribution in [3.63, 3.8) is 0 Å². The summed E-state index contributed by atoms with van der Waals surface area (Å²) in [5, 5.41) is 8.55. The Morgan fingerprint density at radius 1 is 1.33 bits per heavy atom. The molecule has 5 heteroatoms. The molecule has 0 atom stereocenters. The van der Waals surface area contributed by atoms with Gasteiger partial charge in [-0.3, -0.25) is 0 Å². The van der Waals surface area contributed by atoms with E-state index in [0.717, 1.165) is 6.08 Å². The summed E-state index contributed by atoms with van der Waals surface area (Å²) in [6.07, 6.45) is 2.41. The summed E-state index contributed by atoms with van der Waals surface area (Å²) in [6.45, 7) is 1.80. The number of rotatable bonds is 6. The zero-order valence-corrected chi connectivity index (χ0v) is 9.96. The van der Waals surface area contributed by atoms with Crippen LogP contribution in [0.4, 0.5) is 0 Å². The van der Waals surface area contributed by atoms with Gasteiger partial charge in [0.1, 0.15) is 5.75 Å². The number of carboxylic acid groups (broad SMARTS) is 1. The van der Waals surface area contributed by atoms with Crippen molar-refractivity contribution in [2.75, 3.05) is 13.2 Å². The number of carbonyl (C=O) groups is 2. The zero-order chi connectivity index (χ0) is 13.4. The molecule has 0 heterocycles.